The average Bonchev–Trinajstić information content (AvgIpc) is 3.22. The number of ether oxygens (including phenoxy) is 1. The van der Waals surface area contributed by atoms with E-state index < -0.39 is 0 Å². The summed E-state index contributed by atoms with van der Waals surface area (Å²) in [5, 5.41) is 8.97. The quantitative estimate of drug-likeness (QED) is 0.699. The minimum absolute atomic E-state index is 0.00412. The Morgan fingerprint density at radius 3 is 2.57 bits per heavy atom. The highest BCUT2D eigenvalue weighted by Crippen LogP contribution is 2.22. The van der Waals surface area contributed by atoms with Crippen LogP contribution in [0.2, 0.25) is 0 Å². The Morgan fingerprint density at radius 1 is 1.07 bits per heavy atom. The number of carbonyl (C=O) groups is 1. The maximum atomic E-state index is 12.8. The minimum Gasteiger partial charge on any atom is -0.472 e. The number of rotatable bonds is 4. The zero-order chi connectivity index (χ0) is 19.3. The summed E-state index contributed by atoms with van der Waals surface area (Å²) in [5.41, 5.74) is 3.39. The molecule has 1 aromatic heterocycles. The van der Waals surface area contributed by atoms with Crippen LogP contribution in [0.5, 0.6) is 5.88 Å². The van der Waals surface area contributed by atoms with E-state index in [1.54, 1.807) is 23.2 Å². The SMILES string of the molecule is N#Cc1ccnc(OC2CCN(C(=O)c3ccc(-c4ccccc4)cc3)C2)c1. The molecule has 1 unspecified atom stereocenters. The molecule has 0 radical (unpaired) electrons. The van der Waals surface area contributed by atoms with Crippen LogP contribution in [0.25, 0.3) is 11.1 Å². The summed E-state index contributed by atoms with van der Waals surface area (Å²) in [5.74, 6) is 0.426. The van der Waals surface area contributed by atoms with Gasteiger partial charge in [0.1, 0.15) is 6.10 Å². The van der Waals surface area contributed by atoms with Crippen LogP contribution in [-0.4, -0.2) is 35.0 Å². The van der Waals surface area contributed by atoms with Crippen molar-refractivity contribution in [3.63, 3.8) is 0 Å². The molecule has 3 aromatic rings. The fourth-order valence-corrected chi connectivity index (χ4v) is 3.34. The Balaban J connectivity index is 1.40. The van der Waals surface area contributed by atoms with Gasteiger partial charge in [-0.3, -0.25) is 4.79 Å². The van der Waals surface area contributed by atoms with E-state index in [0.717, 1.165) is 17.5 Å². The van der Waals surface area contributed by atoms with E-state index in [-0.39, 0.29) is 12.0 Å². The van der Waals surface area contributed by atoms with Gasteiger partial charge in [0.25, 0.3) is 5.91 Å². The third kappa shape index (κ3) is 3.86. The maximum Gasteiger partial charge on any atom is 0.253 e. The summed E-state index contributed by atoms with van der Waals surface area (Å²) < 4.78 is 5.85. The van der Waals surface area contributed by atoms with E-state index in [1.807, 2.05) is 42.5 Å². The first-order chi connectivity index (χ1) is 13.7. The number of nitrogens with zero attached hydrogens (tertiary/aromatic N) is 3. The lowest BCUT2D eigenvalue weighted by atomic mass is 10.0. The van der Waals surface area contributed by atoms with Gasteiger partial charge in [-0.15, -0.1) is 0 Å². The number of aromatic nitrogens is 1. The molecule has 1 fully saturated rings. The standard InChI is InChI=1S/C23H19N3O2/c24-15-17-10-12-25-22(14-17)28-21-11-13-26(16-21)23(27)20-8-6-19(7-9-20)18-4-2-1-3-5-18/h1-10,12,14,21H,11,13,16H2. The predicted molar refractivity (Wildman–Crippen MR) is 106 cm³/mol. The molecule has 28 heavy (non-hydrogen) atoms. The maximum absolute atomic E-state index is 12.8. The van der Waals surface area contributed by atoms with Crippen LogP contribution in [0, 0.1) is 11.3 Å². The number of carbonyl (C=O) groups excluding carboxylic acids is 1. The smallest absolute Gasteiger partial charge is 0.253 e. The van der Waals surface area contributed by atoms with E-state index in [9.17, 15) is 4.79 Å². The van der Waals surface area contributed by atoms with Gasteiger partial charge in [-0.25, -0.2) is 4.98 Å². The van der Waals surface area contributed by atoms with E-state index in [0.29, 0.717) is 30.1 Å². The van der Waals surface area contributed by atoms with Crippen LogP contribution >= 0.6 is 0 Å². The molecule has 0 saturated carbocycles. The molecular weight excluding hydrogens is 350 g/mol. The topological polar surface area (TPSA) is 66.2 Å². The van der Waals surface area contributed by atoms with Gasteiger partial charge < -0.3 is 9.64 Å². The molecule has 2 heterocycles. The highest BCUT2D eigenvalue weighted by molar-refractivity contribution is 5.95. The summed E-state index contributed by atoms with van der Waals surface area (Å²) in [7, 11) is 0. The second-order valence-corrected chi connectivity index (χ2v) is 6.72. The number of pyridine rings is 1. The molecule has 2 aromatic carbocycles. The van der Waals surface area contributed by atoms with Crippen molar-refractivity contribution >= 4 is 5.91 Å². The normalized spacial score (nSPS) is 15.8. The van der Waals surface area contributed by atoms with Crippen molar-refractivity contribution in [2.75, 3.05) is 13.1 Å². The van der Waals surface area contributed by atoms with Crippen molar-refractivity contribution in [2.24, 2.45) is 0 Å². The molecule has 1 saturated heterocycles. The van der Waals surface area contributed by atoms with Crippen molar-refractivity contribution < 1.29 is 9.53 Å². The second-order valence-electron chi connectivity index (χ2n) is 6.72. The van der Waals surface area contributed by atoms with Gasteiger partial charge in [-0.1, -0.05) is 42.5 Å². The predicted octanol–water partition coefficient (Wildman–Crippen LogP) is 3.91. The van der Waals surface area contributed by atoms with Crippen LogP contribution in [0.15, 0.2) is 72.9 Å². The molecular formula is C23H19N3O2. The lowest BCUT2D eigenvalue weighted by Crippen LogP contribution is -2.31. The Bertz CT molecular complexity index is 1010. The lowest BCUT2D eigenvalue weighted by Gasteiger charge is -2.17. The van der Waals surface area contributed by atoms with Gasteiger partial charge in [-0.05, 0) is 29.3 Å². The summed E-state index contributed by atoms with van der Waals surface area (Å²) in [6, 6.07) is 23.1. The molecule has 138 valence electrons. The first kappa shape index (κ1) is 17.7. The first-order valence-electron chi connectivity index (χ1n) is 9.20. The Labute approximate surface area is 163 Å². The number of likely N-dealkylation sites (tertiary alicyclic amines) is 1. The Hall–Kier alpha value is -3.65. The number of hydrogen-bond donors (Lipinski definition) is 0. The van der Waals surface area contributed by atoms with Crippen LogP contribution in [0.1, 0.15) is 22.3 Å². The van der Waals surface area contributed by atoms with Crippen molar-refractivity contribution in [1.29, 1.82) is 5.26 Å². The zero-order valence-electron chi connectivity index (χ0n) is 15.3. The van der Waals surface area contributed by atoms with Crippen LogP contribution in [0.4, 0.5) is 0 Å². The molecule has 1 amide bonds. The van der Waals surface area contributed by atoms with E-state index in [1.165, 1.54) is 0 Å². The molecule has 4 rings (SSSR count). The highest BCUT2D eigenvalue weighted by Gasteiger charge is 2.28. The number of hydrogen-bond acceptors (Lipinski definition) is 4. The van der Waals surface area contributed by atoms with Crippen molar-refractivity contribution in [2.45, 2.75) is 12.5 Å². The number of amides is 1. The third-order valence-corrected chi connectivity index (χ3v) is 4.82. The van der Waals surface area contributed by atoms with Gasteiger partial charge in [0.05, 0.1) is 18.2 Å². The summed E-state index contributed by atoms with van der Waals surface area (Å²) in [6.45, 7) is 1.15. The second kappa shape index (κ2) is 7.93. The monoisotopic (exact) mass is 369 g/mol. The third-order valence-electron chi connectivity index (χ3n) is 4.82. The number of benzene rings is 2. The molecule has 1 atom stereocenters. The van der Waals surface area contributed by atoms with Crippen molar-refractivity contribution in [3.8, 4) is 23.1 Å². The Morgan fingerprint density at radius 2 is 1.82 bits per heavy atom. The van der Waals surface area contributed by atoms with Crippen LogP contribution in [-0.2, 0) is 0 Å². The molecule has 0 aliphatic carbocycles. The molecule has 1 aliphatic heterocycles. The zero-order valence-corrected chi connectivity index (χ0v) is 15.3. The Kier molecular flexibility index (Phi) is 5.03. The minimum atomic E-state index is -0.117. The fraction of sp³-hybridized carbons (Fsp3) is 0.174. The van der Waals surface area contributed by atoms with Gasteiger partial charge in [0.15, 0.2) is 0 Å². The van der Waals surface area contributed by atoms with Crippen molar-refractivity contribution in [3.05, 3.63) is 84.1 Å². The molecule has 0 bridgehead atoms. The highest BCUT2D eigenvalue weighted by atomic mass is 16.5. The van der Waals surface area contributed by atoms with Gasteiger partial charge in [0, 0.05) is 30.8 Å². The lowest BCUT2D eigenvalue weighted by molar-refractivity contribution is 0.0771. The van der Waals surface area contributed by atoms with E-state index in [4.69, 9.17) is 10.00 Å². The summed E-state index contributed by atoms with van der Waals surface area (Å²) in [6.07, 6.45) is 2.18. The first-order valence-corrected chi connectivity index (χ1v) is 9.20. The molecule has 0 N–H and O–H groups in total. The summed E-state index contributed by atoms with van der Waals surface area (Å²) in [4.78, 5) is 18.7. The van der Waals surface area contributed by atoms with Gasteiger partial charge in [-0.2, -0.15) is 5.26 Å². The molecule has 0 spiro atoms. The van der Waals surface area contributed by atoms with Crippen molar-refractivity contribution in [1.82, 2.24) is 9.88 Å². The van der Waals surface area contributed by atoms with Crippen LogP contribution in [0.3, 0.4) is 0 Å². The molecule has 5 heteroatoms. The van der Waals surface area contributed by atoms with E-state index in [2.05, 4.69) is 23.2 Å². The fourth-order valence-electron chi connectivity index (χ4n) is 3.34. The largest absolute Gasteiger partial charge is 0.472 e. The van der Waals surface area contributed by atoms with E-state index >= 15 is 0 Å². The van der Waals surface area contributed by atoms with Gasteiger partial charge >= 0.3 is 0 Å². The molecule has 5 nitrogen and oxygen atoms in total. The van der Waals surface area contributed by atoms with Crippen LogP contribution < -0.4 is 4.74 Å². The van der Waals surface area contributed by atoms with Gasteiger partial charge in [0.2, 0.25) is 5.88 Å². The molecule has 1 aliphatic rings. The number of nitriles is 1. The summed E-state index contributed by atoms with van der Waals surface area (Å²) >= 11 is 0. The average molecular weight is 369 g/mol.